The first kappa shape index (κ1) is 19.3. The molecule has 2 rings (SSSR count). The predicted molar refractivity (Wildman–Crippen MR) is 96.7 cm³/mol. The SMILES string of the molecule is CC(C)(C)C1CCC(C(=O)OCC(=O)c2ccc(Cl)c(Cl)c2)CC1. The average Bonchev–Trinajstić information content (AvgIpc) is 2.54. The number of esters is 1. The van der Waals surface area contributed by atoms with Gasteiger partial charge in [-0.15, -0.1) is 0 Å². The molecule has 1 saturated carbocycles. The number of rotatable bonds is 4. The van der Waals surface area contributed by atoms with Gasteiger partial charge in [0, 0.05) is 5.56 Å². The quantitative estimate of drug-likeness (QED) is 0.513. The lowest BCUT2D eigenvalue weighted by Gasteiger charge is -2.36. The minimum atomic E-state index is -0.273. The van der Waals surface area contributed by atoms with Crippen molar-refractivity contribution in [3.63, 3.8) is 0 Å². The predicted octanol–water partition coefficient (Wildman–Crippen LogP) is 5.57. The van der Waals surface area contributed by atoms with Crippen molar-refractivity contribution in [2.24, 2.45) is 17.3 Å². The number of hydrogen-bond acceptors (Lipinski definition) is 3. The van der Waals surface area contributed by atoms with Crippen molar-refractivity contribution in [1.82, 2.24) is 0 Å². The van der Waals surface area contributed by atoms with Crippen LogP contribution < -0.4 is 0 Å². The molecule has 1 aromatic carbocycles. The lowest BCUT2D eigenvalue weighted by molar-refractivity contribution is -0.149. The number of ketones is 1. The molecule has 0 atom stereocenters. The van der Waals surface area contributed by atoms with Crippen molar-refractivity contribution < 1.29 is 14.3 Å². The van der Waals surface area contributed by atoms with Crippen LogP contribution in [-0.4, -0.2) is 18.4 Å². The Morgan fingerprint density at radius 1 is 1.08 bits per heavy atom. The second-order valence-electron chi connectivity index (χ2n) is 7.57. The van der Waals surface area contributed by atoms with Gasteiger partial charge in [-0.2, -0.15) is 0 Å². The smallest absolute Gasteiger partial charge is 0.309 e. The summed E-state index contributed by atoms with van der Waals surface area (Å²) in [4.78, 5) is 24.3. The Morgan fingerprint density at radius 3 is 2.25 bits per heavy atom. The highest BCUT2D eigenvalue weighted by Crippen LogP contribution is 2.40. The second-order valence-corrected chi connectivity index (χ2v) is 8.39. The average molecular weight is 371 g/mol. The molecule has 0 aromatic heterocycles. The highest BCUT2D eigenvalue weighted by atomic mass is 35.5. The van der Waals surface area contributed by atoms with E-state index in [1.807, 2.05) is 0 Å². The van der Waals surface area contributed by atoms with Crippen molar-refractivity contribution in [3.05, 3.63) is 33.8 Å². The molecular weight excluding hydrogens is 347 g/mol. The van der Waals surface area contributed by atoms with Gasteiger partial charge in [0.1, 0.15) is 0 Å². The summed E-state index contributed by atoms with van der Waals surface area (Å²) >= 11 is 11.7. The molecular formula is C19H24Cl2O3. The standard InChI is InChI=1S/C19H24Cl2O3/c1-19(2,3)14-7-4-12(5-8-14)18(23)24-11-17(22)13-6-9-15(20)16(21)10-13/h6,9-10,12,14H,4-5,7-8,11H2,1-3H3. The highest BCUT2D eigenvalue weighted by molar-refractivity contribution is 6.42. The van der Waals surface area contributed by atoms with Crippen molar-refractivity contribution in [2.75, 3.05) is 6.61 Å². The van der Waals surface area contributed by atoms with Gasteiger partial charge in [0.05, 0.1) is 16.0 Å². The zero-order valence-corrected chi connectivity index (χ0v) is 15.9. The molecule has 132 valence electrons. The number of Topliss-reactive ketones (excluding diaryl/α,β-unsaturated/α-hetero) is 1. The number of hydrogen-bond donors (Lipinski definition) is 0. The van der Waals surface area contributed by atoms with E-state index in [-0.39, 0.29) is 29.7 Å². The molecule has 0 N–H and O–H groups in total. The molecule has 0 saturated heterocycles. The first-order valence-electron chi connectivity index (χ1n) is 8.33. The lowest BCUT2D eigenvalue weighted by atomic mass is 9.70. The van der Waals surface area contributed by atoms with Crippen molar-refractivity contribution >= 4 is 35.0 Å². The van der Waals surface area contributed by atoms with E-state index in [9.17, 15) is 9.59 Å². The van der Waals surface area contributed by atoms with E-state index >= 15 is 0 Å². The fraction of sp³-hybridized carbons (Fsp3) is 0.579. The number of carbonyl (C=O) groups is 2. The summed E-state index contributed by atoms with van der Waals surface area (Å²) in [5, 5.41) is 0.704. The molecule has 1 aliphatic rings. The lowest BCUT2D eigenvalue weighted by Crippen LogP contribution is -2.30. The van der Waals surface area contributed by atoms with E-state index in [2.05, 4.69) is 20.8 Å². The van der Waals surface area contributed by atoms with Crippen LogP contribution in [0.2, 0.25) is 10.0 Å². The fourth-order valence-corrected chi connectivity index (χ4v) is 3.50. The molecule has 0 heterocycles. The van der Waals surface area contributed by atoms with Gasteiger partial charge in [-0.1, -0.05) is 44.0 Å². The zero-order chi connectivity index (χ0) is 17.9. The summed E-state index contributed by atoms with van der Waals surface area (Å²) in [5.41, 5.74) is 0.673. The van der Waals surface area contributed by atoms with E-state index in [1.54, 1.807) is 12.1 Å². The fourth-order valence-electron chi connectivity index (χ4n) is 3.20. The Hall–Kier alpha value is -1.06. The van der Waals surface area contributed by atoms with Gasteiger partial charge in [0.25, 0.3) is 0 Å². The van der Waals surface area contributed by atoms with Crippen LogP contribution in [0.5, 0.6) is 0 Å². The maximum atomic E-state index is 12.2. The Balaban J connectivity index is 1.83. The van der Waals surface area contributed by atoms with Crippen LogP contribution >= 0.6 is 23.2 Å². The van der Waals surface area contributed by atoms with Crippen LogP contribution in [-0.2, 0) is 9.53 Å². The summed E-state index contributed by atoms with van der Waals surface area (Å²) in [6.45, 7) is 6.47. The minimum absolute atomic E-state index is 0.0924. The maximum absolute atomic E-state index is 12.2. The monoisotopic (exact) mass is 370 g/mol. The Labute approximate surface area is 153 Å². The minimum Gasteiger partial charge on any atom is -0.457 e. The Morgan fingerprint density at radius 2 is 1.71 bits per heavy atom. The van der Waals surface area contributed by atoms with Crippen molar-refractivity contribution in [3.8, 4) is 0 Å². The topological polar surface area (TPSA) is 43.4 Å². The summed E-state index contributed by atoms with van der Waals surface area (Å²) in [6.07, 6.45) is 3.73. The van der Waals surface area contributed by atoms with Crippen LogP contribution in [0.25, 0.3) is 0 Å². The first-order valence-corrected chi connectivity index (χ1v) is 9.09. The third kappa shape index (κ3) is 4.97. The molecule has 3 nitrogen and oxygen atoms in total. The molecule has 24 heavy (non-hydrogen) atoms. The van der Waals surface area contributed by atoms with Crippen LogP contribution in [0.4, 0.5) is 0 Å². The van der Waals surface area contributed by atoms with Crippen LogP contribution in [0.3, 0.4) is 0 Å². The van der Waals surface area contributed by atoms with Crippen LogP contribution in [0.1, 0.15) is 56.8 Å². The summed E-state index contributed by atoms with van der Waals surface area (Å²) in [6, 6.07) is 4.64. The van der Waals surface area contributed by atoms with Gasteiger partial charge in [0.15, 0.2) is 12.4 Å². The maximum Gasteiger partial charge on any atom is 0.309 e. The molecule has 5 heteroatoms. The third-order valence-electron chi connectivity index (χ3n) is 4.87. The Kier molecular flexibility index (Phi) is 6.33. The van der Waals surface area contributed by atoms with Crippen molar-refractivity contribution in [1.29, 1.82) is 0 Å². The molecule has 0 unspecified atom stereocenters. The number of ether oxygens (including phenoxy) is 1. The molecule has 0 bridgehead atoms. The van der Waals surface area contributed by atoms with Gasteiger partial charge in [0.2, 0.25) is 0 Å². The van der Waals surface area contributed by atoms with Gasteiger partial charge < -0.3 is 4.74 Å². The molecule has 1 aliphatic carbocycles. The summed E-state index contributed by atoms with van der Waals surface area (Å²) in [7, 11) is 0. The second kappa shape index (κ2) is 7.88. The molecule has 1 fully saturated rings. The van der Waals surface area contributed by atoms with E-state index in [0.717, 1.165) is 25.7 Å². The zero-order valence-electron chi connectivity index (χ0n) is 14.4. The van der Waals surface area contributed by atoms with Gasteiger partial charge in [-0.3, -0.25) is 9.59 Å². The summed E-state index contributed by atoms with van der Waals surface area (Å²) in [5.74, 6) is 0.00524. The molecule has 1 aromatic rings. The Bertz CT molecular complexity index is 612. The normalized spacial score (nSPS) is 21.4. The first-order chi connectivity index (χ1) is 11.2. The van der Waals surface area contributed by atoms with E-state index < -0.39 is 0 Å². The van der Waals surface area contributed by atoms with Gasteiger partial charge in [-0.05, 0) is 55.2 Å². The number of halogens is 2. The number of carbonyl (C=O) groups excluding carboxylic acids is 2. The van der Waals surface area contributed by atoms with Gasteiger partial charge >= 0.3 is 5.97 Å². The van der Waals surface area contributed by atoms with Crippen molar-refractivity contribution in [2.45, 2.75) is 46.5 Å². The van der Waals surface area contributed by atoms with Crippen LogP contribution in [0, 0.1) is 17.3 Å². The molecule has 0 radical (unpaired) electrons. The molecule has 0 amide bonds. The number of benzene rings is 1. The van der Waals surface area contributed by atoms with Crippen LogP contribution in [0.15, 0.2) is 18.2 Å². The third-order valence-corrected chi connectivity index (χ3v) is 5.61. The largest absolute Gasteiger partial charge is 0.457 e. The van der Waals surface area contributed by atoms with Gasteiger partial charge in [-0.25, -0.2) is 0 Å². The van der Waals surface area contributed by atoms with E-state index in [1.165, 1.54) is 6.07 Å². The molecule has 0 spiro atoms. The highest BCUT2D eigenvalue weighted by Gasteiger charge is 2.33. The summed E-state index contributed by atoms with van der Waals surface area (Å²) < 4.78 is 5.22. The van der Waals surface area contributed by atoms with E-state index in [4.69, 9.17) is 27.9 Å². The van der Waals surface area contributed by atoms with E-state index in [0.29, 0.717) is 21.5 Å². The molecule has 0 aliphatic heterocycles.